The molecule has 7 heteroatoms. The summed E-state index contributed by atoms with van der Waals surface area (Å²) in [5, 5.41) is 8.45. The molecule has 0 aromatic heterocycles. The lowest BCUT2D eigenvalue weighted by molar-refractivity contribution is -0.134. The first-order valence-electron chi connectivity index (χ1n) is 11.1. The summed E-state index contributed by atoms with van der Waals surface area (Å²) in [6, 6.07) is 7.53. The van der Waals surface area contributed by atoms with E-state index in [0.29, 0.717) is 22.0 Å². The van der Waals surface area contributed by atoms with Crippen molar-refractivity contribution >= 4 is 40.5 Å². The number of carbonyl (C=O) groups is 1. The summed E-state index contributed by atoms with van der Waals surface area (Å²) in [5.74, 6) is 1.26. The zero-order valence-corrected chi connectivity index (χ0v) is 20.2. The van der Waals surface area contributed by atoms with Gasteiger partial charge in [0.1, 0.15) is 0 Å². The Kier molecular flexibility index (Phi) is 7.64. The fourth-order valence-electron chi connectivity index (χ4n) is 4.46. The van der Waals surface area contributed by atoms with Gasteiger partial charge in [0.25, 0.3) is 0 Å². The minimum atomic E-state index is -0.248. The number of halogens is 1. The molecular formula is C23H35ClN4OS. The van der Waals surface area contributed by atoms with Gasteiger partial charge in [-0.25, -0.2) is 0 Å². The molecule has 166 valence electrons. The van der Waals surface area contributed by atoms with Gasteiger partial charge in [0, 0.05) is 43.2 Å². The smallest absolute Gasteiger partial charge is 0.241 e. The fraction of sp³-hybridized carbons (Fsp3) is 0.652. The predicted octanol–water partition coefficient (Wildman–Crippen LogP) is 4.72. The Hall–Kier alpha value is -1.37. The van der Waals surface area contributed by atoms with Gasteiger partial charge in [-0.2, -0.15) is 0 Å². The van der Waals surface area contributed by atoms with E-state index in [4.69, 9.17) is 23.8 Å². The lowest BCUT2D eigenvalue weighted by Gasteiger charge is -2.46. The number of hydrogen-bond donors (Lipinski definition) is 2. The molecule has 5 nitrogen and oxygen atoms in total. The van der Waals surface area contributed by atoms with E-state index in [9.17, 15) is 4.79 Å². The molecule has 0 saturated carbocycles. The van der Waals surface area contributed by atoms with Crippen molar-refractivity contribution in [3.63, 3.8) is 0 Å². The monoisotopic (exact) mass is 450 g/mol. The SMILES string of the molecule is CC[C@@H](C)CN1C(=O)[C@H](CC(C)C)NC12CCN(C(=S)Nc1cccc(Cl)c1)CC2. The molecule has 0 bridgehead atoms. The lowest BCUT2D eigenvalue weighted by atomic mass is 9.94. The summed E-state index contributed by atoms with van der Waals surface area (Å²) in [5.41, 5.74) is 0.653. The van der Waals surface area contributed by atoms with E-state index in [1.165, 1.54) is 0 Å². The number of piperidine rings is 1. The Bertz CT molecular complexity index is 763. The predicted molar refractivity (Wildman–Crippen MR) is 129 cm³/mol. The maximum Gasteiger partial charge on any atom is 0.241 e. The molecule has 2 saturated heterocycles. The highest BCUT2D eigenvalue weighted by molar-refractivity contribution is 7.80. The van der Waals surface area contributed by atoms with E-state index < -0.39 is 0 Å². The van der Waals surface area contributed by atoms with E-state index in [-0.39, 0.29) is 17.6 Å². The Morgan fingerprint density at radius 1 is 1.33 bits per heavy atom. The zero-order chi connectivity index (χ0) is 21.9. The maximum atomic E-state index is 13.3. The number of nitrogens with one attached hydrogen (secondary N) is 2. The van der Waals surface area contributed by atoms with Gasteiger partial charge < -0.3 is 15.1 Å². The van der Waals surface area contributed by atoms with Gasteiger partial charge in [-0.3, -0.25) is 10.1 Å². The maximum absolute atomic E-state index is 13.3. The molecule has 1 spiro atoms. The zero-order valence-electron chi connectivity index (χ0n) is 18.6. The largest absolute Gasteiger partial charge is 0.349 e. The van der Waals surface area contributed by atoms with Crippen LogP contribution in [-0.4, -0.2) is 52.2 Å². The summed E-state index contributed by atoms with van der Waals surface area (Å²) >= 11 is 11.7. The summed E-state index contributed by atoms with van der Waals surface area (Å²) in [4.78, 5) is 17.6. The molecule has 0 aliphatic carbocycles. The topological polar surface area (TPSA) is 47.6 Å². The van der Waals surface area contributed by atoms with Crippen molar-refractivity contribution in [2.75, 3.05) is 25.0 Å². The molecule has 3 rings (SSSR count). The summed E-state index contributed by atoms with van der Waals surface area (Å²) in [7, 11) is 0. The van der Waals surface area contributed by atoms with Crippen molar-refractivity contribution in [1.29, 1.82) is 0 Å². The van der Waals surface area contributed by atoms with Crippen LogP contribution in [0.5, 0.6) is 0 Å². The molecule has 30 heavy (non-hydrogen) atoms. The Morgan fingerprint density at radius 2 is 2.03 bits per heavy atom. The second-order valence-corrected chi connectivity index (χ2v) is 10.1. The van der Waals surface area contributed by atoms with Gasteiger partial charge >= 0.3 is 0 Å². The molecule has 2 N–H and O–H groups in total. The van der Waals surface area contributed by atoms with Crippen molar-refractivity contribution in [3.05, 3.63) is 29.3 Å². The quantitative estimate of drug-likeness (QED) is 0.614. The van der Waals surface area contributed by atoms with Gasteiger partial charge in [0.2, 0.25) is 5.91 Å². The van der Waals surface area contributed by atoms with Crippen LogP contribution in [0, 0.1) is 11.8 Å². The number of amides is 1. The van der Waals surface area contributed by atoms with Crippen LogP contribution in [0.4, 0.5) is 5.69 Å². The Balaban J connectivity index is 1.68. The third kappa shape index (κ3) is 5.27. The first-order chi connectivity index (χ1) is 14.2. The van der Waals surface area contributed by atoms with Crippen molar-refractivity contribution in [3.8, 4) is 0 Å². The summed E-state index contributed by atoms with van der Waals surface area (Å²) in [6.45, 7) is 11.2. The van der Waals surface area contributed by atoms with Gasteiger partial charge in [-0.05, 0) is 48.7 Å². The number of likely N-dealkylation sites (tertiary alicyclic amines) is 1. The average Bonchev–Trinajstić information content (AvgIpc) is 2.93. The normalized spacial score (nSPS) is 22.1. The molecular weight excluding hydrogens is 416 g/mol. The second-order valence-electron chi connectivity index (χ2n) is 9.25. The van der Waals surface area contributed by atoms with Crippen molar-refractivity contribution in [2.24, 2.45) is 11.8 Å². The Morgan fingerprint density at radius 3 is 2.63 bits per heavy atom. The minimum Gasteiger partial charge on any atom is -0.349 e. The number of nitrogens with zero attached hydrogens (tertiary/aromatic N) is 2. The molecule has 1 aromatic carbocycles. The molecule has 2 fully saturated rings. The van der Waals surface area contributed by atoms with Crippen LogP contribution >= 0.6 is 23.8 Å². The molecule has 1 aromatic rings. The second kappa shape index (κ2) is 9.84. The van der Waals surface area contributed by atoms with Gasteiger partial charge in [-0.1, -0.05) is 51.8 Å². The van der Waals surface area contributed by atoms with E-state index in [1.54, 1.807) is 0 Å². The molecule has 1 amide bonds. The van der Waals surface area contributed by atoms with Crippen molar-refractivity contribution < 1.29 is 4.79 Å². The fourth-order valence-corrected chi connectivity index (χ4v) is 4.95. The molecule has 2 aliphatic heterocycles. The molecule has 0 unspecified atom stereocenters. The van der Waals surface area contributed by atoms with Gasteiger partial charge in [0.15, 0.2) is 5.11 Å². The van der Waals surface area contributed by atoms with Crippen LogP contribution < -0.4 is 10.6 Å². The highest BCUT2D eigenvalue weighted by Gasteiger charge is 2.51. The van der Waals surface area contributed by atoms with E-state index in [2.05, 4.69) is 48.1 Å². The number of carbonyl (C=O) groups excluding carboxylic acids is 1. The number of rotatable bonds is 6. The van der Waals surface area contributed by atoms with Crippen LogP contribution in [0.2, 0.25) is 5.02 Å². The third-order valence-electron chi connectivity index (χ3n) is 6.38. The summed E-state index contributed by atoms with van der Waals surface area (Å²) < 4.78 is 0. The average molecular weight is 451 g/mol. The highest BCUT2D eigenvalue weighted by Crippen LogP contribution is 2.35. The molecule has 0 radical (unpaired) electrons. The van der Waals surface area contributed by atoms with Crippen molar-refractivity contribution in [2.45, 2.75) is 65.1 Å². The molecule has 2 atom stereocenters. The van der Waals surface area contributed by atoms with Crippen LogP contribution in [0.25, 0.3) is 0 Å². The first kappa shape index (κ1) is 23.3. The number of hydrogen-bond acceptors (Lipinski definition) is 3. The first-order valence-corrected chi connectivity index (χ1v) is 11.9. The van der Waals surface area contributed by atoms with Crippen LogP contribution in [0.1, 0.15) is 53.4 Å². The highest BCUT2D eigenvalue weighted by atomic mass is 35.5. The van der Waals surface area contributed by atoms with E-state index in [1.807, 2.05) is 24.3 Å². The number of benzene rings is 1. The van der Waals surface area contributed by atoms with Crippen LogP contribution in [0.15, 0.2) is 24.3 Å². The van der Waals surface area contributed by atoms with Crippen molar-refractivity contribution in [1.82, 2.24) is 15.1 Å². The Labute approximate surface area is 191 Å². The standard InChI is InChI=1S/C23H35ClN4OS/c1-5-17(4)15-28-21(29)20(13-16(2)3)26-23(28)9-11-27(12-10-23)22(30)25-19-8-6-7-18(24)14-19/h6-8,14,16-17,20,26H,5,9-13,15H2,1-4H3,(H,25,30)/t17-,20+/m1/s1. The van der Waals surface area contributed by atoms with Gasteiger partial charge in [0.05, 0.1) is 11.7 Å². The summed E-state index contributed by atoms with van der Waals surface area (Å²) in [6.07, 6.45) is 3.72. The molecule has 2 heterocycles. The number of thiocarbonyl (C=S) groups is 1. The van der Waals surface area contributed by atoms with Gasteiger partial charge in [-0.15, -0.1) is 0 Å². The number of anilines is 1. The van der Waals surface area contributed by atoms with E-state index >= 15 is 0 Å². The third-order valence-corrected chi connectivity index (χ3v) is 6.97. The lowest BCUT2D eigenvalue weighted by Crippen LogP contribution is -2.60. The van der Waals surface area contributed by atoms with Crippen LogP contribution in [0.3, 0.4) is 0 Å². The van der Waals surface area contributed by atoms with Crippen LogP contribution in [-0.2, 0) is 4.79 Å². The minimum absolute atomic E-state index is 0.0721. The molecule has 2 aliphatic rings. The van der Waals surface area contributed by atoms with E-state index in [0.717, 1.165) is 51.0 Å².